The van der Waals surface area contributed by atoms with Gasteiger partial charge in [-0.15, -0.1) is 0 Å². The number of hydrogen-bond acceptors (Lipinski definition) is 6. The lowest BCUT2D eigenvalue weighted by atomic mass is 10.0. The minimum atomic E-state index is -0.820. The van der Waals surface area contributed by atoms with E-state index in [9.17, 15) is 19.2 Å². The van der Waals surface area contributed by atoms with Crippen LogP contribution in [0.3, 0.4) is 0 Å². The third-order valence-electron chi connectivity index (χ3n) is 5.90. The van der Waals surface area contributed by atoms with Gasteiger partial charge in [0.1, 0.15) is 5.57 Å². The van der Waals surface area contributed by atoms with Gasteiger partial charge in [0.25, 0.3) is 17.7 Å². The van der Waals surface area contributed by atoms with Crippen molar-refractivity contribution >= 4 is 57.1 Å². The predicted octanol–water partition coefficient (Wildman–Crippen LogP) is 5.15. The van der Waals surface area contributed by atoms with Crippen LogP contribution in [0.5, 0.6) is 11.5 Å². The molecule has 0 unspecified atom stereocenters. The van der Waals surface area contributed by atoms with E-state index in [2.05, 4.69) is 26.6 Å². The van der Waals surface area contributed by atoms with Gasteiger partial charge in [0.2, 0.25) is 0 Å². The maximum Gasteiger partial charge on any atom is 0.335 e. The molecule has 0 bridgehead atoms. The highest BCUT2D eigenvalue weighted by molar-refractivity contribution is 9.10. The summed E-state index contributed by atoms with van der Waals surface area (Å²) in [4.78, 5) is 51.8. The molecule has 0 spiro atoms. The van der Waals surface area contributed by atoms with Crippen LogP contribution in [-0.4, -0.2) is 37.0 Å². The number of imide groups is 2. The maximum absolute atomic E-state index is 13.3. The average Bonchev–Trinajstić information content (AvgIpc) is 2.89. The Hall–Kier alpha value is -4.44. The van der Waals surface area contributed by atoms with Gasteiger partial charge in [-0.2, -0.15) is 0 Å². The first-order chi connectivity index (χ1) is 18.7. The van der Waals surface area contributed by atoms with Gasteiger partial charge in [0.15, 0.2) is 18.1 Å². The summed E-state index contributed by atoms with van der Waals surface area (Å²) in [5.74, 6) is -1.33. The molecule has 0 aromatic heterocycles. The zero-order valence-electron chi connectivity index (χ0n) is 21.5. The Labute approximate surface area is 233 Å². The molecule has 3 aromatic rings. The van der Waals surface area contributed by atoms with Crippen LogP contribution < -0.4 is 25.0 Å². The number of benzene rings is 3. The van der Waals surface area contributed by atoms with Gasteiger partial charge in [-0.3, -0.25) is 19.7 Å². The molecule has 10 heteroatoms. The molecule has 9 nitrogen and oxygen atoms in total. The zero-order chi connectivity index (χ0) is 28.1. The van der Waals surface area contributed by atoms with E-state index in [1.165, 1.54) is 6.08 Å². The summed E-state index contributed by atoms with van der Waals surface area (Å²) in [5, 5.41) is 4.97. The second-order valence-corrected chi connectivity index (χ2v) is 9.55. The first-order valence-electron chi connectivity index (χ1n) is 12.1. The number of halogens is 1. The second-order valence-electron chi connectivity index (χ2n) is 8.69. The van der Waals surface area contributed by atoms with Gasteiger partial charge in [0, 0.05) is 5.69 Å². The monoisotopic (exact) mass is 591 g/mol. The van der Waals surface area contributed by atoms with E-state index in [-0.39, 0.29) is 23.8 Å². The van der Waals surface area contributed by atoms with Crippen molar-refractivity contribution in [1.82, 2.24) is 5.32 Å². The largest absolute Gasteiger partial charge is 0.490 e. The highest BCUT2D eigenvalue weighted by atomic mass is 79.9. The molecule has 1 heterocycles. The van der Waals surface area contributed by atoms with Gasteiger partial charge in [0.05, 0.1) is 16.8 Å². The lowest BCUT2D eigenvalue weighted by Crippen LogP contribution is -2.54. The van der Waals surface area contributed by atoms with Crippen LogP contribution >= 0.6 is 15.9 Å². The first kappa shape index (κ1) is 27.6. The molecule has 0 atom stereocenters. The molecule has 5 amide bonds. The lowest BCUT2D eigenvalue weighted by molar-refractivity contribution is -0.122. The number of aryl methyl sites for hydroxylation is 2. The highest BCUT2D eigenvalue weighted by Crippen LogP contribution is 2.38. The Bertz CT molecular complexity index is 1490. The van der Waals surface area contributed by atoms with Crippen LogP contribution in [-0.2, 0) is 14.4 Å². The minimum absolute atomic E-state index is 0.224. The standard InChI is InChI=1S/C29H26BrN3O6/c1-4-38-24-15-19(14-23(30)26(24)39-16-25(34)31-20-8-6-5-7-9-20)13-22-27(35)32-29(37)33(28(22)36)21-11-10-17(2)18(3)12-21/h5-15H,4,16H2,1-3H3,(H,31,34)(H,32,35,37)/b22-13+. The molecule has 39 heavy (non-hydrogen) atoms. The molecule has 1 aliphatic heterocycles. The topological polar surface area (TPSA) is 114 Å². The smallest absolute Gasteiger partial charge is 0.335 e. The number of rotatable bonds is 8. The molecule has 1 saturated heterocycles. The van der Waals surface area contributed by atoms with E-state index >= 15 is 0 Å². The molecule has 0 radical (unpaired) electrons. The molecule has 0 saturated carbocycles. The van der Waals surface area contributed by atoms with Gasteiger partial charge in [-0.05, 0) is 95.9 Å². The first-order valence-corrected chi connectivity index (χ1v) is 12.9. The van der Waals surface area contributed by atoms with Crippen molar-refractivity contribution in [3.05, 3.63) is 87.4 Å². The summed E-state index contributed by atoms with van der Waals surface area (Å²) < 4.78 is 11.9. The Morgan fingerprint density at radius 3 is 2.44 bits per heavy atom. The Morgan fingerprint density at radius 1 is 1.00 bits per heavy atom. The highest BCUT2D eigenvalue weighted by Gasteiger charge is 2.37. The number of anilines is 2. The molecule has 2 N–H and O–H groups in total. The van der Waals surface area contributed by atoms with Gasteiger partial charge < -0.3 is 14.8 Å². The average molecular weight is 592 g/mol. The summed E-state index contributed by atoms with van der Waals surface area (Å²) >= 11 is 3.44. The van der Waals surface area contributed by atoms with Crippen LogP contribution in [0.4, 0.5) is 16.2 Å². The molecule has 1 fully saturated rings. The summed E-state index contributed by atoms with van der Waals surface area (Å²) in [7, 11) is 0. The quantitative estimate of drug-likeness (QED) is 0.277. The summed E-state index contributed by atoms with van der Waals surface area (Å²) in [5.41, 5.74) is 3.11. The van der Waals surface area contributed by atoms with E-state index in [1.54, 1.807) is 49.4 Å². The number of ether oxygens (including phenoxy) is 2. The number of carbonyl (C=O) groups is 4. The van der Waals surface area contributed by atoms with E-state index in [1.807, 2.05) is 32.0 Å². The van der Waals surface area contributed by atoms with Crippen LogP contribution in [0.15, 0.2) is 70.7 Å². The third-order valence-corrected chi connectivity index (χ3v) is 6.49. The predicted molar refractivity (Wildman–Crippen MR) is 151 cm³/mol. The van der Waals surface area contributed by atoms with Crippen molar-refractivity contribution in [1.29, 1.82) is 0 Å². The summed E-state index contributed by atoms with van der Waals surface area (Å²) in [6.45, 7) is 5.60. The van der Waals surface area contributed by atoms with E-state index < -0.39 is 17.8 Å². The molecule has 200 valence electrons. The van der Waals surface area contributed by atoms with Crippen molar-refractivity contribution in [2.45, 2.75) is 20.8 Å². The molecule has 3 aromatic carbocycles. The normalized spacial score (nSPS) is 14.3. The van der Waals surface area contributed by atoms with E-state index in [0.29, 0.717) is 33.8 Å². The van der Waals surface area contributed by atoms with Gasteiger partial charge in [-0.1, -0.05) is 24.3 Å². The number of barbiturate groups is 1. The minimum Gasteiger partial charge on any atom is -0.490 e. The van der Waals surface area contributed by atoms with Crippen molar-refractivity contribution in [2.24, 2.45) is 0 Å². The molecule has 1 aliphatic rings. The van der Waals surface area contributed by atoms with Crippen LogP contribution in [0.1, 0.15) is 23.6 Å². The number of nitrogens with one attached hydrogen (secondary N) is 2. The Morgan fingerprint density at radius 2 is 1.74 bits per heavy atom. The summed E-state index contributed by atoms with van der Waals surface area (Å²) in [6, 6.07) is 16.5. The second kappa shape index (κ2) is 12.0. The van der Waals surface area contributed by atoms with E-state index in [4.69, 9.17) is 9.47 Å². The number of amides is 5. The summed E-state index contributed by atoms with van der Waals surface area (Å²) in [6.07, 6.45) is 1.37. The van der Waals surface area contributed by atoms with Crippen molar-refractivity contribution < 1.29 is 28.7 Å². The van der Waals surface area contributed by atoms with Crippen LogP contribution in [0, 0.1) is 13.8 Å². The molecule has 4 rings (SSSR count). The Balaban J connectivity index is 1.60. The number of carbonyl (C=O) groups excluding carboxylic acids is 4. The van der Waals surface area contributed by atoms with Gasteiger partial charge in [-0.25, -0.2) is 9.69 Å². The van der Waals surface area contributed by atoms with Crippen LogP contribution in [0.2, 0.25) is 0 Å². The van der Waals surface area contributed by atoms with E-state index in [0.717, 1.165) is 16.0 Å². The Kier molecular flexibility index (Phi) is 8.46. The fourth-order valence-corrected chi connectivity index (χ4v) is 4.43. The zero-order valence-corrected chi connectivity index (χ0v) is 23.1. The number of nitrogens with zero attached hydrogens (tertiary/aromatic N) is 1. The molecule has 0 aliphatic carbocycles. The number of urea groups is 1. The number of para-hydroxylation sites is 1. The SMILES string of the molecule is CCOc1cc(/C=C2\C(=O)NC(=O)N(c3ccc(C)c(C)c3)C2=O)cc(Br)c1OCC(=O)Nc1ccccc1. The third kappa shape index (κ3) is 6.35. The lowest BCUT2D eigenvalue weighted by Gasteiger charge is -2.27. The molecular formula is C29H26BrN3O6. The maximum atomic E-state index is 13.3. The van der Waals surface area contributed by atoms with Crippen molar-refractivity contribution in [2.75, 3.05) is 23.4 Å². The van der Waals surface area contributed by atoms with Crippen molar-refractivity contribution in [3.63, 3.8) is 0 Å². The fraction of sp³-hybridized carbons (Fsp3) is 0.172. The molecular weight excluding hydrogens is 566 g/mol. The van der Waals surface area contributed by atoms with Crippen LogP contribution in [0.25, 0.3) is 6.08 Å². The number of hydrogen-bond donors (Lipinski definition) is 2. The van der Waals surface area contributed by atoms with Gasteiger partial charge >= 0.3 is 6.03 Å². The fourth-order valence-electron chi connectivity index (χ4n) is 3.85. The van der Waals surface area contributed by atoms with Crippen molar-refractivity contribution in [3.8, 4) is 11.5 Å².